The molecule has 112 valence electrons. The minimum absolute atomic E-state index is 0.00481. The van der Waals surface area contributed by atoms with Gasteiger partial charge in [-0.15, -0.1) is 0 Å². The first-order valence-electron chi connectivity index (χ1n) is 5.92. The summed E-state index contributed by atoms with van der Waals surface area (Å²) in [5, 5.41) is 2.39. The van der Waals surface area contributed by atoms with Crippen molar-refractivity contribution in [3.63, 3.8) is 0 Å². The van der Waals surface area contributed by atoms with Crippen LogP contribution in [0.4, 0.5) is 10.1 Å². The lowest BCUT2D eigenvalue weighted by Gasteiger charge is -2.18. The molecule has 1 rings (SSSR count). The predicted octanol–water partition coefficient (Wildman–Crippen LogP) is 0.473. The van der Waals surface area contributed by atoms with Gasteiger partial charge >= 0.3 is 0 Å². The van der Waals surface area contributed by atoms with Crippen molar-refractivity contribution < 1.29 is 17.6 Å². The number of benzene rings is 1. The van der Waals surface area contributed by atoms with E-state index in [0.29, 0.717) is 0 Å². The van der Waals surface area contributed by atoms with Crippen molar-refractivity contribution in [2.75, 3.05) is 26.4 Å². The van der Waals surface area contributed by atoms with Gasteiger partial charge in [-0.05, 0) is 24.6 Å². The van der Waals surface area contributed by atoms with E-state index in [0.717, 1.165) is 10.4 Å². The van der Waals surface area contributed by atoms with Crippen molar-refractivity contribution in [3.05, 3.63) is 23.5 Å². The first-order chi connectivity index (χ1) is 9.20. The highest BCUT2D eigenvalue weighted by atomic mass is 32.2. The minimum atomic E-state index is -4.02. The van der Waals surface area contributed by atoms with Gasteiger partial charge < -0.3 is 11.1 Å². The Morgan fingerprint density at radius 2 is 2.05 bits per heavy atom. The summed E-state index contributed by atoms with van der Waals surface area (Å²) < 4.78 is 39.4. The van der Waals surface area contributed by atoms with Gasteiger partial charge in [0.25, 0.3) is 0 Å². The van der Waals surface area contributed by atoms with E-state index in [1.807, 2.05) is 0 Å². The third-order valence-electron chi connectivity index (χ3n) is 2.86. The third-order valence-corrected chi connectivity index (χ3v) is 4.72. The van der Waals surface area contributed by atoms with Gasteiger partial charge in [0.15, 0.2) is 0 Å². The van der Waals surface area contributed by atoms with Crippen molar-refractivity contribution in [1.29, 1.82) is 0 Å². The molecule has 1 amide bonds. The van der Waals surface area contributed by atoms with Crippen LogP contribution in [0.15, 0.2) is 17.0 Å². The van der Waals surface area contributed by atoms with Gasteiger partial charge in [0, 0.05) is 32.7 Å². The van der Waals surface area contributed by atoms with E-state index in [9.17, 15) is 17.6 Å². The molecule has 20 heavy (non-hydrogen) atoms. The standard InChI is InChI=1S/C12H18FN3O3S/c1-8-6-9(14)7-10(12(8)13)20(18,19)16(3)5-4-11(17)15-2/h6-7H,4-5,14H2,1-3H3,(H,15,17). The Balaban J connectivity index is 3.08. The van der Waals surface area contributed by atoms with Gasteiger partial charge in [-0.3, -0.25) is 4.79 Å². The molecular formula is C12H18FN3O3S. The van der Waals surface area contributed by atoms with Gasteiger partial charge in [-0.25, -0.2) is 17.1 Å². The normalized spacial score (nSPS) is 11.7. The maximum atomic E-state index is 14.0. The number of hydrogen-bond donors (Lipinski definition) is 2. The van der Waals surface area contributed by atoms with Crippen molar-refractivity contribution in [2.45, 2.75) is 18.2 Å². The number of nitrogens with zero attached hydrogens (tertiary/aromatic N) is 1. The Labute approximate surface area is 117 Å². The van der Waals surface area contributed by atoms with Gasteiger partial charge in [-0.1, -0.05) is 0 Å². The lowest BCUT2D eigenvalue weighted by molar-refractivity contribution is -0.120. The molecule has 0 saturated carbocycles. The second kappa shape index (κ2) is 6.19. The fourth-order valence-corrected chi connectivity index (χ4v) is 2.96. The summed E-state index contributed by atoms with van der Waals surface area (Å²) in [7, 11) is -1.28. The molecule has 0 unspecified atom stereocenters. The zero-order valence-electron chi connectivity index (χ0n) is 11.6. The maximum absolute atomic E-state index is 14.0. The number of hydrogen-bond acceptors (Lipinski definition) is 4. The van der Waals surface area contributed by atoms with Crippen LogP contribution in [0.3, 0.4) is 0 Å². The van der Waals surface area contributed by atoms with E-state index in [-0.39, 0.29) is 30.1 Å². The number of carbonyl (C=O) groups is 1. The smallest absolute Gasteiger partial charge is 0.245 e. The summed E-state index contributed by atoms with van der Waals surface area (Å²) in [6.45, 7) is 1.39. The number of nitrogens with two attached hydrogens (primary N) is 1. The SMILES string of the molecule is CNC(=O)CCN(C)S(=O)(=O)c1cc(N)cc(C)c1F. The summed E-state index contributed by atoms with van der Waals surface area (Å²) in [6.07, 6.45) is -0.00481. The first-order valence-corrected chi connectivity index (χ1v) is 7.36. The number of amides is 1. The summed E-state index contributed by atoms with van der Waals surface area (Å²) in [4.78, 5) is 10.7. The van der Waals surface area contributed by atoms with Crippen molar-refractivity contribution in [1.82, 2.24) is 9.62 Å². The number of rotatable bonds is 5. The number of nitrogens with one attached hydrogen (secondary N) is 1. The average Bonchev–Trinajstić information content (AvgIpc) is 2.39. The molecule has 0 aromatic heterocycles. The van der Waals surface area contributed by atoms with Gasteiger partial charge in [-0.2, -0.15) is 0 Å². The third kappa shape index (κ3) is 3.45. The molecule has 3 N–H and O–H groups in total. The van der Waals surface area contributed by atoms with Crippen molar-refractivity contribution >= 4 is 21.6 Å². The predicted molar refractivity (Wildman–Crippen MR) is 74.0 cm³/mol. The van der Waals surface area contributed by atoms with E-state index in [1.54, 1.807) is 0 Å². The fraction of sp³-hybridized carbons (Fsp3) is 0.417. The van der Waals surface area contributed by atoms with E-state index in [4.69, 9.17) is 5.73 Å². The van der Waals surface area contributed by atoms with Crippen molar-refractivity contribution in [3.8, 4) is 0 Å². The summed E-state index contributed by atoms with van der Waals surface area (Å²) >= 11 is 0. The quantitative estimate of drug-likeness (QED) is 0.774. The molecule has 6 nitrogen and oxygen atoms in total. The van der Waals surface area contributed by atoms with E-state index in [2.05, 4.69) is 5.32 Å². The van der Waals surface area contributed by atoms with Crippen LogP contribution in [0.5, 0.6) is 0 Å². The highest BCUT2D eigenvalue weighted by Crippen LogP contribution is 2.24. The molecule has 0 bridgehead atoms. The van der Waals surface area contributed by atoms with Crippen LogP contribution >= 0.6 is 0 Å². The highest BCUT2D eigenvalue weighted by molar-refractivity contribution is 7.89. The van der Waals surface area contributed by atoms with Gasteiger partial charge in [0.1, 0.15) is 10.7 Å². The number of halogens is 1. The number of aryl methyl sites for hydroxylation is 1. The topological polar surface area (TPSA) is 92.5 Å². The molecule has 0 heterocycles. The number of carbonyl (C=O) groups excluding carboxylic acids is 1. The van der Waals surface area contributed by atoms with Crippen LogP contribution in [-0.4, -0.2) is 39.3 Å². The molecule has 8 heteroatoms. The van der Waals surface area contributed by atoms with Crippen LogP contribution in [0.1, 0.15) is 12.0 Å². The zero-order chi connectivity index (χ0) is 15.5. The molecule has 0 radical (unpaired) electrons. The zero-order valence-corrected chi connectivity index (χ0v) is 12.4. The Morgan fingerprint density at radius 3 is 2.60 bits per heavy atom. The first kappa shape index (κ1) is 16.4. The monoisotopic (exact) mass is 303 g/mol. The van der Waals surface area contributed by atoms with Crippen LogP contribution in [0, 0.1) is 12.7 Å². The van der Waals surface area contributed by atoms with E-state index in [1.165, 1.54) is 27.1 Å². The Kier molecular flexibility index (Phi) is 5.07. The van der Waals surface area contributed by atoms with Crippen molar-refractivity contribution in [2.24, 2.45) is 0 Å². The molecule has 0 fully saturated rings. The maximum Gasteiger partial charge on any atom is 0.245 e. The molecule has 0 aliphatic carbocycles. The fourth-order valence-electron chi connectivity index (χ4n) is 1.62. The number of anilines is 1. The lowest BCUT2D eigenvalue weighted by atomic mass is 10.2. The molecule has 0 aliphatic heterocycles. The van der Waals surface area contributed by atoms with Gasteiger partial charge in [0.2, 0.25) is 15.9 Å². The van der Waals surface area contributed by atoms with Crippen LogP contribution in [0.2, 0.25) is 0 Å². The number of nitrogen functional groups attached to an aromatic ring is 1. The Hall–Kier alpha value is -1.67. The summed E-state index contributed by atoms with van der Waals surface area (Å²) in [5.74, 6) is -1.12. The van der Waals surface area contributed by atoms with Gasteiger partial charge in [0.05, 0.1) is 0 Å². The van der Waals surface area contributed by atoms with E-state index < -0.39 is 20.7 Å². The number of sulfonamides is 1. The minimum Gasteiger partial charge on any atom is -0.399 e. The molecule has 1 aromatic rings. The Bertz CT molecular complexity index is 617. The van der Waals surface area contributed by atoms with Crippen LogP contribution < -0.4 is 11.1 Å². The summed E-state index contributed by atoms with van der Waals surface area (Å²) in [5.41, 5.74) is 5.88. The average molecular weight is 303 g/mol. The molecule has 0 atom stereocenters. The molecular weight excluding hydrogens is 285 g/mol. The second-order valence-electron chi connectivity index (χ2n) is 4.40. The second-order valence-corrected chi connectivity index (χ2v) is 6.41. The van der Waals surface area contributed by atoms with E-state index >= 15 is 0 Å². The Morgan fingerprint density at radius 1 is 1.45 bits per heavy atom. The molecule has 0 aliphatic rings. The van der Waals surface area contributed by atoms with Crippen LogP contribution in [-0.2, 0) is 14.8 Å². The van der Waals surface area contributed by atoms with Crippen LogP contribution in [0.25, 0.3) is 0 Å². The largest absolute Gasteiger partial charge is 0.399 e. The summed E-state index contributed by atoms with van der Waals surface area (Å²) in [6, 6.07) is 2.44. The highest BCUT2D eigenvalue weighted by Gasteiger charge is 2.26. The molecule has 1 aromatic carbocycles. The lowest BCUT2D eigenvalue weighted by Crippen LogP contribution is -2.32. The molecule has 0 saturated heterocycles. The molecule has 0 spiro atoms.